The molecule has 0 amide bonds. The molecule has 0 radical (unpaired) electrons. The van der Waals surface area contributed by atoms with Gasteiger partial charge in [-0.2, -0.15) is 0 Å². The number of aryl methyl sites for hydroxylation is 1. The first kappa shape index (κ1) is 31.1. The molecule has 1 atom stereocenters. The largest absolute Gasteiger partial charge is 0.426 e. The Morgan fingerprint density at radius 1 is 0.732 bits per heavy atom. The fourth-order valence-corrected chi connectivity index (χ4v) is 6.54. The van der Waals surface area contributed by atoms with E-state index in [4.69, 9.17) is 4.74 Å². The Bertz CT molecular complexity index is 1120. The molecule has 2 nitrogen and oxygen atoms in total. The van der Waals surface area contributed by atoms with Crippen LogP contribution >= 0.6 is 0 Å². The van der Waals surface area contributed by atoms with E-state index in [1.807, 2.05) is 18.2 Å². The van der Waals surface area contributed by atoms with Crippen LogP contribution in [0.1, 0.15) is 121 Å². The molecule has 220 valence electrons. The van der Waals surface area contributed by atoms with Gasteiger partial charge in [0.05, 0.1) is 5.92 Å². The summed E-state index contributed by atoms with van der Waals surface area (Å²) in [5, 5.41) is 0. The number of esters is 1. The molecular weight excluding hydrogens is 500 g/mol. The molecule has 0 aliphatic heterocycles. The minimum atomic E-state index is -0.0881. The van der Waals surface area contributed by atoms with E-state index in [-0.39, 0.29) is 11.9 Å². The molecule has 0 spiro atoms. The quantitative estimate of drug-likeness (QED) is 0.100. The monoisotopic (exact) mass is 552 g/mol. The van der Waals surface area contributed by atoms with Crippen LogP contribution in [0.4, 0.5) is 0 Å². The number of carbonyl (C=O) groups excluding carboxylic acids is 1. The SMILES string of the molecule is CCCCCCCCC1CCC(c2ccc(OC(=O)C(CC)CCCc3ccc(-c4ccccc4)cc3)cc2)CC1. The van der Waals surface area contributed by atoms with E-state index in [2.05, 4.69) is 74.5 Å². The molecule has 1 saturated carbocycles. The van der Waals surface area contributed by atoms with Crippen molar-refractivity contribution in [2.45, 2.75) is 116 Å². The number of benzene rings is 3. The molecule has 0 heterocycles. The predicted octanol–water partition coefficient (Wildman–Crippen LogP) is 11.3. The van der Waals surface area contributed by atoms with Crippen molar-refractivity contribution < 1.29 is 9.53 Å². The number of hydrogen-bond acceptors (Lipinski definition) is 2. The molecule has 41 heavy (non-hydrogen) atoms. The molecular formula is C39H52O2. The molecule has 0 bridgehead atoms. The summed E-state index contributed by atoms with van der Waals surface area (Å²) in [6, 6.07) is 27.7. The van der Waals surface area contributed by atoms with Gasteiger partial charge in [-0.25, -0.2) is 0 Å². The van der Waals surface area contributed by atoms with Gasteiger partial charge in [-0.3, -0.25) is 4.79 Å². The normalized spacial score (nSPS) is 17.7. The Morgan fingerprint density at radius 2 is 1.39 bits per heavy atom. The molecule has 1 unspecified atom stereocenters. The van der Waals surface area contributed by atoms with Gasteiger partial charge < -0.3 is 4.74 Å². The molecule has 1 aliphatic rings. The third-order valence-electron chi connectivity index (χ3n) is 9.29. The lowest BCUT2D eigenvalue weighted by atomic mass is 9.77. The summed E-state index contributed by atoms with van der Waals surface area (Å²) in [5.74, 6) is 2.13. The number of rotatable bonds is 16. The Balaban J connectivity index is 1.15. The van der Waals surface area contributed by atoms with Crippen LogP contribution in [0.15, 0.2) is 78.9 Å². The topological polar surface area (TPSA) is 26.3 Å². The van der Waals surface area contributed by atoms with Gasteiger partial charge in [0.25, 0.3) is 0 Å². The van der Waals surface area contributed by atoms with Gasteiger partial charge in [0.2, 0.25) is 0 Å². The summed E-state index contributed by atoms with van der Waals surface area (Å²) < 4.78 is 5.83. The van der Waals surface area contributed by atoms with E-state index in [0.29, 0.717) is 11.7 Å². The molecule has 1 aliphatic carbocycles. The van der Waals surface area contributed by atoms with Crippen molar-refractivity contribution in [2.75, 3.05) is 0 Å². The molecule has 3 aromatic rings. The lowest BCUT2D eigenvalue weighted by molar-refractivity contribution is -0.139. The summed E-state index contributed by atoms with van der Waals surface area (Å²) in [6.07, 6.45) is 18.8. The second-order valence-electron chi connectivity index (χ2n) is 12.3. The zero-order chi connectivity index (χ0) is 28.7. The van der Waals surface area contributed by atoms with Crippen LogP contribution in [-0.2, 0) is 11.2 Å². The second-order valence-corrected chi connectivity index (χ2v) is 12.3. The minimum Gasteiger partial charge on any atom is -0.426 e. The van der Waals surface area contributed by atoms with Crippen molar-refractivity contribution in [3.05, 3.63) is 90.0 Å². The number of carbonyl (C=O) groups is 1. The fraction of sp³-hybridized carbons (Fsp3) is 0.513. The smallest absolute Gasteiger partial charge is 0.314 e. The molecule has 2 heteroatoms. The van der Waals surface area contributed by atoms with Crippen molar-refractivity contribution in [3.63, 3.8) is 0 Å². The van der Waals surface area contributed by atoms with E-state index in [0.717, 1.165) is 31.6 Å². The van der Waals surface area contributed by atoms with E-state index in [1.165, 1.54) is 92.9 Å². The van der Waals surface area contributed by atoms with Crippen molar-refractivity contribution >= 4 is 5.97 Å². The Kier molecular flexibility index (Phi) is 13.0. The average Bonchev–Trinajstić information content (AvgIpc) is 3.02. The molecule has 0 N–H and O–H groups in total. The van der Waals surface area contributed by atoms with Crippen LogP contribution in [0.2, 0.25) is 0 Å². The maximum atomic E-state index is 12.9. The van der Waals surface area contributed by atoms with E-state index >= 15 is 0 Å². The summed E-state index contributed by atoms with van der Waals surface area (Å²) in [4.78, 5) is 12.9. The van der Waals surface area contributed by atoms with Gasteiger partial charge in [0.15, 0.2) is 0 Å². The van der Waals surface area contributed by atoms with E-state index in [1.54, 1.807) is 0 Å². The molecule has 1 fully saturated rings. The highest BCUT2D eigenvalue weighted by molar-refractivity contribution is 5.75. The van der Waals surface area contributed by atoms with Gasteiger partial charge in [0.1, 0.15) is 5.75 Å². The van der Waals surface area contributed by atoms with Crippen molar-refractivity contribution in [1.29, 1.82) is 0 Å². The number of hydrogen-bond donors (Lipinski definition) is 0. The number of unbranched alkanes of at least 4 members (excludes halogenated alkanes) is 5. The average molecular weight is 553 g/mol. The van der Waals surface area contributed by atoms with E-state index < -0.39 is 0 Å². The summed E-state index contributed by atoms with van der Waals surface area (Å²) in [5.41, 5.74) is 5.21. The highest BCUT2D eigenvalue weighted by atomic mass is 16.5. The Hall–Kier alpha value is -2.87. The number of ether oxygens (including phenoxy) is 1. The lowest BCUT2D eigenvalue weighted by Crippen LogP contribution is -2.20. The maximum absolute atomic E-state index is 12.9. The Labute approximate surface area is 249 Å². The Morgan fingerprint density at radius 3 is 2.07 bits per heavy atom. The third-order valence-corrected chi connectivity index (χ3v) is 9.29. The first-order valence-corrected chi connectivity index (χ1v) is 16.6. The van der Waals surface area contributed by atoms with Crippen LogP contribution in [0.5, 0.6) is 5.75 Å². The van der Waals surface area contributed by atoms with Crippen molar-refractivity contribution in [1.82, 2.24) is 0 Å². The molecule has 4 rings (SSSR count). The van der Waals surface area contributed by atoms with Gasteiger partial charge in [-0.1, -0.05) is 126 Å². The third kappa shape index (κ3) is 10.2. The highest BCUT2D eigenvalue weighted by Crippen LogP contribution is 2.38. The van der Waals surface area contributed by atoms with Gasteiger partial charge >= 0.3 is 5.97 Å². The second kappa shape index (κ2) is 17.2. The first-order chi connectivity index (χ1) is 20.2. The van der Waals surface area contributed by atoms with Gasteiger partial charge in [-0.15, -0.1) is 0 Å². The van der Waals surface area contributed by atoms with Crippen LogP contribution in [0.25, 0.3) is 11.1 Å². The van der Waals surface area contributed by atoms with E-state index in [9.17, 15) is 4.79 Å². The summed E-state index contributed by atoms with van der Waals surface area (Å²) in [7, 11) is 0. The van der Waals surface area contributed by atoms with Crippen LogP contribution < -0.4 is 4.74 Å². The fourth-order valence-electron chi connectivity index (χ4n) is 6.54. The summed E-state index contributed by atoms with van der Waals surface area (Å²) >= 11 is 0. The van der Waals surface area contributed by atoms with Crippen LogP contribution in [0, 0.1) is 11.8 Å². The zero-order valence-corrected chi connectivity index (χ0v) is 25.7. The minimum absolute atomic E-state index is 0.0554. The van der Waals surface area contributed by atoms with Crippen molar-refractivity contribution in [2.24, 2.45) is 11.8 Å². The van der Waals surface area contributed by atoms with Crippen LogP contribution in [-0.4, -0.2) is 5.97 Å². The zero-order valence-electron chi connectivity index (χ0n) is 25.7. The van der Waals surface area contributed by atoms with Crippen molar-refractivity contribution in [3.8, 4) is 16.9 Å². The van der Waals surface area contributed by atoms with Gasteiger partial charge in [0, 0.05) is 0 Å². The van der Waals surface area contributed by atoms with Gasteiger partial charge in [-0.05, 0) is 97.6 Å². The molecule has 3 aromatic carbocycles. The molecule has 0 saturated heterocycles. The standard InChI is InChI=1S/C39H52O2/c1-3-5-6-7-8-10-14-31-19-25-36(26-20-31)37-27-29-38(30-28-37)41-39(40)33(4-2)18-13-15-32-21-23-35(24-22-32)34-16-11-9-12-17-34/h9,11-12,16-17,21-24,27-31,33,36H,3-8,10,13-15,18-20,25-26H2,1-2H3. The maximum Gasteiger partial charge on any atom is 0.314 e. The highest BCUT2D eigenvalue weighted by Gasteiger charge is 2.23. The van der Waals surface area contributed by atoms with Crippen LogP contribution in [0.3, 0.4) is 0 Å². The predicted molar refractivity (Wildman–Crippen MR) is 173 cm³/mol. The first-order valence-electron chi connectivity index (χ1n) is 16.6. The lowest BCUT2D eigenvalue weighted by Gasteiger charge is -2.29. The molecule has 0 aromatic heterocycles. The summed E-state index contributed by atoms with van der Waals surface area (Å²) in [6.45, 7) is 4.38.